The minimum atomic E-state index is -0.765. The lowest BCUT2D eigenvalue weighted by molar-refractivity contribution is -0.142. The summed E-state index contributed by atoms with van der Waals surface area (Å²) in [5.41, 5.74) is 1.63. The van der Waals surface area contributed by atoms with Crippen LogP contribution in [0, 0.1) is 17.3 Å². The molecule has 0 unspecified atom stereocenters. The van der Waals surface area contributed by atoms with Crippen molar-refractivity contribution in [3.05, 3.63) is 29.8 Å². The Kier molecular flexibility index (Phi) is 10.7. The second-order valence-electron chi connectivity index (χ2n) is 11.9. The van der Waals surface area contributed by atoms with Gasteiger partial charge in [-0.15, -0.1) is 0 Å². The predicted molar refractivity (Wildman–Crippen MR) is 146 cm³/mol. The average Bonchev–Trinajstić information content (AvgIpc) is 3.43. The van der Waals surface area contributed by atoms with Crippen LogP contribution in [-0.4, -0.2) is 66.0 Å². The zero-order valence-corrected chi connectivity index (χ0v) is 23.6. The van der Waals surface area contributed by atoms with Gasteiger partial charge in [-0.1, -0.05) is 46.5 Å². The first-order chi connectivity index (χ1) is 18.5. The van der Waals surface area contributed by atoms with Crippen LogP contribution < -0.4 is 20.9 Å². The summed E-state index contributed by atoms with van der Waals surface area (Å²) in [6.07, 6.45) is 5.94. The Morgan fingerprint density at radius 1 is 1.03 bits per heavy atom. The number of amides is 4. The Morgan fingerprint density at radius 3 is 2.18 bits per heavy atom. The lowest BCUT2D eigenvalue weighted by Crippen LogP contribution is -2.58. The van der Waals surface area contributed by atoms with Crippen molar-refractivity contribution >= 4 is 23.6 Å². The number of hydrogen-bond acceptors (Lipinski definition) is 6. The Labute approximate surface area is 231 Å². The molecule has 10 heteroatoms. The highest BCUT2D eigenvalue weighted by Crippen LogP contribution is 2.32. The van der Waals surface area contributed by atoms with Crippen molar-refractivity contribution in [2.75, 3.05) is 20.2 Å². The van der Waals surface area contributed by atoms with Crippen LogP contribution in [0.3, 0.4) is 0 Å². The molecule has 1 aromatic carbocycles. The van der Waals surface area contributed by atoms with E-state index in [1.807, 2.05) is 20.8 Å². The SMILES string of the molecule is COc1ccc(C(=O)NC2CCN(C(=O)[C@@H](NC(=O)[C@@H](CC(=O)NO)CC3CCCC3)C(C)(C)C)CC2)cc1. The number of nitrogens with zero attached hydrogens (tertiary/aromatic N) is 1. The maximum Gasteiger partial charge on any atom is 0.251 e. The van der Waals surface area contributed by atoms with Gasteiger partial charge in [0.2, 0.25) is 17.7 Å². The first-order valence-electron chi connectivity index (χ1n) is 14.0. The molecule has 4 amide bonds. The highest BCUT2D eigenvalue weighted by atomic mass is 16.5. The van der Waals surface area contributed by atoms with Gasteiger partial charge < -0.3 is 20.3 Å². The molecule has 10 nitrogen and oxygen atoms in total. The molecule has 1 aromatic rings. The number of hydroxylamine groups is 1. The van der Waals surface area contributed by atoms with Crippen LogP contribution in [0.25, 0.3) is 0 Å². The number of nitrogens with one attached hydrogen (secondary N) is 3. The lowest BCUT2D eigenvalue weighted by Gasteiger charge is -2.39. The van der Waals surface area contributed by atoms with E-state index in [1.165, 1.54) is 0 Å². The monoisotopic (exact) mass is 544 g/mol. The van der Waals surface area contributed by atoms with E-state index in [0.717, 1.165) is 25.7 Å². The Hall–Kier alpha value is -3.14. The Balaban J connectivity index is 1.59. The number of piperidine rings is 1. The van der Waals surface area contributed by atoms with Crippen molar-refractivity contribution in [2.45, 2.75) is 84.2 Å². The molecule has 0 spiro atoms. The molecule has 1 heterocycles. The van der Waals surface area contributed by atoms with Gasteiger partial charge in [-0.3, -0.25) is 24.4 Å². The van der Waals surface area contributed by atoms with E-state index in [4.69, 9.17) is 9.94 Å². The van der Waals surface area contributed by atoms with Crippen LogP contribution in [0.15, 0.2) is 24.3 Å². The molecular formula is C29H44N4O6. The van der Waals surface area contributed by atoms with Gasteiger partial charge in [0, 0.05) is 37.0 Å². The smallest absolute Gasteiger partial charge is 0.251 e. The molecule has 2 atom stereocenters. The highest BCUT2D eigenvalue weighted by Gasteiger charge is 2.39. The fourth-order valence-corrected chi connectivity index (χ4v) is 5.55. The fourth-order valence-electron chi connectivity index (χ4n) is 5.55. The summed E-state index contributed by atoms with van der Waals surface area (Å²) in [6, 6.07) is 6.09. The van der Waals surface area contributed by atoms with E-state index in [-0.39, 0.29) is 30.2 Å². The summed E-state index contributed by atoms with van der Waals surface area (Å²) in [5.74, 6) is -0.837. The number of methoxy groups -OCH3 is 1. The van der Waals surface area contributed by atoms with E-state index in [0.29, 0.717) is 49.6 Å². The van der Waals surface area contributed by atoms with E-state index in [9.17, 15) is 19.2 Å². The van der Waals surface area contributed by atoms with Crippen LogP contribution in [0.5, 0.6) is 5.75 Å². The highest BCUT2D eigenvalue weighted by molar-refractivity contribution is 5.94. The molecule has 1 aliphatic carbocycles. The van der Waals surface area contributed by atoms with E-state index < -0.39 is 23.3 Å². The average molecular weight is 545 g/mol. The van der Waals surface area contributed by atoms with Crippen molar-refractivity contribution < 1.29 is 29.1 Å². The molecule has 2 fully saturated rings. The molecule has 39 heavy (non-hydrogen) atoms. The molecule has 0 bridgehead atoms. The molecule has 2 aliphatic rings. The summed E-state index contributed by atoms with van der Waals surface area (Å²) in [7, 11) is 1.57. The Bertz CT molecular complexity index is 992. The van der Waals surface area contributed by atoms with Crippen molar-refractivity contribution in [1.82, 2.24) is 21.0 Å². The van der Waals surface area contributed by atoms with E-state index in [2.05, 4.69) is 10.6 Å². The minimum absolute atomic E-state index is 0.0564. The first-order valence-corrected chi connectivity index (χ1v) is 14.0. The largest absolute Gasteiger partial charge is 0.497 e. The molecule has 216 valence electrons. The van der Waals surface area contributed by atoms with E-state index >= 15 is 0 Å². The third-order valence-corrected chi connectivity index (χ3v) is 7.91. The summed E-state index contributed by atoms with van der Waals surface area (Å²) >= 11 is 0. The molecule has 3 rings (SSSR count). The summed E-state index contributed by atoms with van der Waals surface area (Å²) in [5, 5.41) is 15.0. The molecule has 0 aromatic heterocycles. The van der Waals surface area contributed by atoms with Crippen molar-refractivity contribution in [1.29, 1.82) is 0 Å². The summed E-state index contributed by atoms with van der Waals surface area (Å²) < 4.78 is 5.14. The second kappa shape index (κ2) is 13.8. The van der Waals surface area contributed by atoms with Gasteiger partial charge in [-0.2, -0.15) is 0 Å². The van der Waals surface area contributed by atoms with Crippen molar-refractivity contribution in [3.8, 4) is 5.75 Å². The molecule has 1 saturated heterocycles. The number of hydrogen-bond donors (Lipinski definition) is 4. The zero-order valence-electron chi connectivity index (χ0n) is 23.6. The molecule has 4 N–H and O–H groups in total. The van der Waals surface area contributed by atoms with Crippen LogP contribution in [0.4, 0.5) is 0 Å². The van der Waals surface area contributed by atoms with Gasteiger partial charge in [-0.25, -0.2) is 5.48 Å². The predicted octanol–water partition coefficient (Wildman–Crippen LogP) is 3.04. The summed E-state index contributed by atoms with van der Waals surface area (Å²) in [6.45, 7) is 6.65. The van der Waals surface area contributed by atoms with Gasteiger partial charge in [0.05, 0.1) is 7.11 Å². The maximum absolute atomic E-state index is 13.6. The van der Waals surface area contributed by atoms with Crippen molar-refractivity contribution in [2.24, 2.45) is 17.3 Å². The Morgan fingerprint density at radius 2 is 1.64 bits per heavy atom. The van der Waals surface area contributed by atoms with Crippen LogP contribution in [-0.2, 0) is 14.4 Å². The van der Waals surface area contributed by atoms with Gasteiger partial charge in [-0.05, 0) is 54.9 Å². The summed E-state index contributed by atoms with van der Waals surface area (Å²) in [4.78, 5) is 53.3. The lowest BCUT2D eigenvalue weighted by atomic mass is 9.84. The second-order valence-corrected chi connectivity index (χ2v) is 11.9. The minimum Gasteiger partial charge on any atom is -0.497 e. The number of rotatable bonds is 10. The number of ether oxygens (including phenoxy) is 1. The molecular weight excluding hydrogens is 500 g/mol. The molecule has 0 radical (unpaired) electrons. The molecule has 1 saturated carbocycles. The van der Waals surface area contributed by atoms with Gasteiger partial charge >= 0.3 is 0 Å². The van der Waals surface area contributed by atoms with E-state index in [1.54, 1.807) is 41.8 Å². The normalized spacial score (nSPS) is 18.2. The van der Waals surface area contributed by atoms with Gasteiger partial charge in [0.1, 0.15) is 11.8 Å². The number of likely N-dealkylation sites (tertiary alicyclic amines) is 1. The van der Waals surface area contributed by atoms with Crippen LogP contribution in [0.1, 0.15) is 82.5 Å². The number of carbonyl (C=O) groups excluding carboxylic acids is 4. The standard InChI is InChI=1S/C29H44N4O6/c1-29(2,3)25(31-27(36)21(18-24(34)32-38)17-19-7-5-6-8-19)28(37)33-15-13-22(14-16-33)30-26(35)20-9-11-23(39-4)12-10-20/h9-12,19,21-22,25,38H,5-8,13-18H2,1-4H3,(H,30,35)(H,31,36)(H,32,34)/t21-,25-/m1/s1. The van der Waals surface area contributed by atoms with Crippen LogP contribution in [0.2, 0.25) is 0 Å². The topological polar surface area (TPSA) is 137 Å². The molecule has 1 aliphatic heterocycles. The number of benzene rings is 1. The number of carbonyl (C=O) groups is 4. The third kappa shape index (κ3) is 8.68. The fraction of sp³-hybridized carbons (Fsp3) is 0.655. The van der Waals surface area contributed by atoms with Crippen LogP contribution >= 0.6 is 0 Å². The quantitative estimate of drug-likeness (QED) is 0.264. The third-order valence-electron chi connectivity index (χ3n) is 7.91. The maximum atomic E-state index is 13.6. The first kappa shape index (κ1) is 30.4. The van der Waals surface area contributed by atoms with Crippen molar-refractivity contribution in [3.63, 3.8) is 0 Å². The zero-order chi connectivity index (χ0) is 28.6. The van der Waals surface area contributed by atoms with Gasteiger partial charge in [0.25, 0.3) is 5.91 Å². The van der Waals surface area contributed by atoms with Gasteiger partial charge in [0.15, 0.2) is 0 Å².